The molecule has 1 N–H and O–H groups in total. The highest BCUT2D eigenvalue weighted by Crippen LogP contribution is 2.19. The van der Waals surface area contributed by atoms with Gasteiger partial charge in [0.15, 0.2) is 0 Å². The van der Waals surface area contributed by atoms with E-state index in [9.17, 15) is 8.42 Å². The second-order valence-electron chi connectivity index (χ2n) is 8.33. The summed E-state index contributed by atoms with van der Waals surface area (Å²) in [5.41, 5.74) is 3.41. The Morgan fingerprint density at radius 1 is 0.767 bits per heavy atom. The predicted molar refractivity (Wildman–Crippen MR) is 127 cm³/mol. The van der Waals surface area contributed by atoms with Crippen molar-refractivity contribution in [2.45, 2.75) is 89.4 Å². The molecular formula is C26H39NO2S. The first-order valence-corrected chi connectivity index (χ1v) is 13.1. The Morgan fingerprint density at radius 2 is 1.37 bits per heavy atom. The molecule has 0 saturated carbocycles. The minimum Gasteiger partial charge on any atom is -0.211 e. The summed E-state index contributed by atoms with van der Waals surface area (Å²) in [5, 5.41) is 0. The molecule has 3 nitrogen and oxygen atoms in total. The smallest absolute Gasteiger partial charge is 0.211 e. The number of aryl methyl sites for hydroxylation is 1. The number of benzene rings is 2. The maximum absolute atomic E-state index is 12.6. The normalized spacial score (nSPS) is 11.7. The molecule has 0 aliphatic rings. The van der Waals surface area contributed by atoms with Crippen molar-refractivity contribution in [3.05, 3.63) is 65.2 Å². The summed E-state index contributed by atoms with van der Waals surface area (Å²) in [5.74, 6) is 0. The highest BCUT2D eigenvalue weighted by Gasteiger charge is 2.14. The lowest BCUT2D eigenvalue weighted by Gasteiger charge is -2.11. The number of sulfonamides is 1. The molecule has 0 aromatic heterocycles. The van der Waals surface area contributed by atoms with Gasteiger partial charge in [0.05, 0.1) is 4.90 Å². The van der Waals surface area contributed by atoms with Crippen LogP contribution in [0.25, 0.3) is 0 Å². The van der Waals surface area contributed by atoms with Gasteiger partial charge in [-0.15, -0.1) is 0 Å². The third-order valence-corrected chi connectivity index (χ3v) is 7.14. The highest BCUT2D eigenvalue weighted by atomic mass is 32.2. The molecule has 0 aliphatic heterocycles. The van der Waals surface area contributed by atoms with Crippen LogP contribution in [0.1, 0.15) is 87.8 Å². The molecule has 2 rings (SSSR count). The fraction of sp³-hybridized carbons (Fsp3) is 0.538. The van der Waals surface area contributed by atoms with Crippen molar-refractivity contribution in [2.24, 2.45) is 0 Å². The first kappa shape index (κ1) is 24.6. The van der Waals surface area contributed by atoms with Crippen LogP contribution in [0.5, 0.6) is 0 Å². The quantitative estimate of drug-likeness (QED) is 0.317. The largest absolute Gasteiger partial charge is 0.240 e. The van der Waals surface area contributed by atoms with Crippen molar-refractivity contribution in [3.8, 4) is 0 Å². The second kappa shape index (κ2) is 13.6. The molecule has 2 aromatic rings. The molecule has 0 heterocycles. The monoisotopic (exact) mass is 429 g/mol. The fourth-order valence-corrected chi connectivity index (χ4v) is 4.91. The molecule has 0 spiro atoms. The molecular weight excluding hydrogens is 390 g/mol. The van der Waals surface area contributed by atoms with Gasteiger partial charge in [0.1, 0.15) is 0 Å². The summed E-state index contributed by atoms with van der Waals surface area (Å²) in [7, 11) is -3.43. The zero-order chi connectivity index (χ0) is 21.7. The maximum Gasteiger partial charge on any atom is 0.240 e. The van der Waals surface area contributed by atoms with E-state index < -0.39 is 10.0 Å². The van der Waals surface area contributed by atoms with Gasteiger partial charge in [-0.05, 0) is 48.6 Å². The first-order chi connectivity index (χ1) is 14.5. The molecule has 0 radical (unpaired) electrons. The lowest BCUT2D eigenvalue weighted by molar-refractivity contribution is 0.549. The van der Waals surface area contributed by atoms with E-state index in [1.807, 2.05) is 31.2 Å². The zero-order valence-corrected chi connectivity index (χ0v) is 19.6. The molecule has 0 saturated heterocycles. The third kappa shape index (κ3) is 9.01. The fourth-order valence-electron chi connectivity index (χ4n) is 3.75. The lowest BCUT2D eigenvalue weighted by Crippen LogP contribution is -2.25. The third-order valence-electron chi connectivity index (χ3n) is 5.68. The van der Waals surface area contributed by atoms with E-state index in [1.165, 1.54) is 56.9 Å². The zero-order valence-electron chi connectivity index (χ0n) is 18.8. The number of unbranched alkanes of at least 4 members (excludes halogenated alkanes) is 9. The SMILES string of the molecule is CCCCCCCCCCCCNS(=O)(=O)c1ccc(Cc2ccccc2)c(C)c1. The molecule has 0 atom stereocenters. The van der Waals surface area contributed by atoms with Gasteiger partial charge >= 0.3 is 0 Å². The van der Waals surface area contributed by atoms with Crippen LogP contribution >= 0.6 is 0 Å². The standard InChI is InChI=1S/C26H39NO2S/c1-3-4-5-6-7-8-9-10-11-15-20-27-30(28,29)26-19-18-25(23(2)21-26)22-24-16-13-12-14-17-24/h12-14,16-19,21,27H,3-11,15,20,22H2,1-2H3. The van der Waals surface area contributed by atoms with Gasteiger partial charge in [-0.2, -0.15) is 0 Å². The minimum atomic E-state index is -3.43. The minimum absolute atomic E-state index is 0.365. The number of nitrogens with one attached hydrogen (secondary N) is 1. The van der Waals surface area contributed by atoms with Gasteiger partial charge in [0, 0.05) is 6.54 Å². The van der Waals surface area contributed by atoms with Crippen LogP contribution in [-0.4, -0.2) is 15.0 Å². The predicted octanol–water partition coefficient (Wildman–Crippen LogP) is 6.79. The Morgan fingerprint density at radius 3 is 1.97 bits per heavy atom. The van der Waals surface area contributed by atoms with E-state index in [4.69, 9.17) is 0 Å². The summed E-state index contributed by atoms with van der Waals surface area (Å²) in [6, 6.07) is 15.7. The van der Waals surface area contributed by atoms with Crippen molar-refractivity contribution in [1.82, 2.24) is 4.72 Å². The molecule has 0 amide bonds. The molecule has 0 unspecified atom stereocenters. The number of rotatable bonds is 15. The van der Waals surface area contributed by atoms with Crippen LogP contribution in [0.4, 0.5) is 0 Å². The summed E-state index contributed by atoms with van der Waals surface area (Å²) in [6.07, 6.45) is 13.3. The van der Waals surface area contributed by atoms with E-state index in [0.29, 0.717) is 11.4 Å². The second-order valence-corrected chi connectivity index (χ2v) is 10.1. The van der Waals surface area contributed by atoms with Gasteiger partial charge in [-0.3, -0.25) is 0 Å². The van der Waals surface area contributed by atoms with Crippen LogP contribution < -0.4 is 4.72 Å². The molecule has 30 heavy (non-hydrogen) atoms. The van der Waals surface area contributed by atoms with E-state index in [2.05, 4.69) is 23.8 Å². The Balaban J connectivity index is 1.69. The molecule has 0 fully saturated rings. The van der Waals surface area contributed by atoms with Crippen LogP contribution in [0.2, 0.25) is 0 Å². The first-order valence-electron chi connectivity index (χ1n) is 11.7. The lowest BCUT2D eigenvalue weighted by atomic mass is 10.0. The Bertz CT molecular complexity index is 831. The summed E-state index contributed by atoms with van der Waals surface area (Å²) in [6.45, 7) is 4.75. The molecule has 2 aromatic carbocycles. The Kier molecular flexibility index (Phi) is 11.2. The summed E-state index contributed by atoms with van der Waals surface area (Å²) < 4.78 is 28.0. The van der Waals surface area contributed by atoms with Crippen molar-refractivity contribution >= 4 is 10.0 Å². The summed E-state index contributed by atoms with van der Waals surface area (Å²) >= 11 is 0. The van der Waals surface area contributed by atoms with Crippen LogP contribution in [0, 0.1) is 6.92 Å². The van der Waals surface area contributed by atoms with E-state index in [1.54, 1.807) is 12.1 Å². The van der Waals surface area contributed by atoms with Gasteiger partial charge < -0.3 is 0 Å². The van der Waals surface area contributed by atoms with Crippen molar-refractivity contribution in [1.29, 1.82) is 0 Å². The molecule has 4 heteroatoms. The van der Waals surface area contributed by atoms with Crippen molar-refractivity contribution < 1.29 is 8.42 Å². The van der Waals surface area contributed by atoms with E-state index >= 15 is 0 Å². The number of hydrogen-bond donors (Lipinski definition) is 1. The van der Waals surface area contributed by atoms with Crippen molar-refractivity contribution in [2.75, 3.05) is 6.54 Å². The topological polar surface area (TPSA) is 46.2 Å². The van der Waals surface area contributed by atoms with Crippen LogP contribution in [0.3, 0.4) is 0 Å². The molecule has 0 aliphatic carbocycles. The Hall–Kier alpha value is -1.65. The average Bonchev–Trinajstić information content (AvgIpc) is 2.74. The number of hydrogen-bond acceptors (Lipinski definition) is 2. The van der Waals surface area contributed by atoms with Gasteiger partial charge in [0.25, 0.3) is 0 Å². The molecule has 166 valence electrons. The van der Waals surface area contributed by atoms with Crippen molar-refractivity contribution in [3.63, 3.8) is 0 Å². The highest BCUT2D eigenvalue weighted by molar-refractivity contribution is 7.89. The van der Waals surface area contributed by atoms with Gasteiger partial charge in [0.2, 0.25) is 10.0 Å². The van der Waals surface area contributed by atoms with Crippen LogP contribution in [0.15, 0.2) is 53.4 Å². The average molecular weight is 430 g/mol. The van der Waals surface area contributed by atoms with Crippen LogP contribution in [-0.2, 0) is 16.4 Å². The maximum atomic E-state index is 12.6. The molecule has 0 bridgehead atoms. The summed E-state index contributed by atoms with van der Waals surface area (Å²) in [4.78, 5) is 0.365. The van der Waals surface area contributed by atoms with Gasteiger partial charge in [-0.1, -0.05) is 101 Å². The van der Waals surface area contributed by atoms with E-state index in [0.717, 1.165) is 30.4 Å². The van der Waals surface area contributed by atoms with Gasteiger partial charge in [-0.25, -0.2) is 13.1 Å². The van der Waals surface area contributed by atoms with E-state index in [-0.39, 0.29) is 0 Å². The Labute approximate surface area is 184 Å².